The standard InChI is InChI=1S/C22H23N3O3S/c1-14-19(29-21(25-14)16-6-4-5-9-23-16)20(26)24-13-22(2,3)15-7-8-17-18(12-15)28-11-10-27-17/h4-9,12H,10-11,13H2,1-3H3,(H,24,26). The number of carbonyl (C=O) groups is 1. The molecule has 1 amide bonds. The van der Waals surface area contributed by atoms with E-state index >= 15 is 0 Å². The Labute approximate surface area is 173 Å². The van der Waals surface area contributed by atoms with Crippen LogP contribution in [-0.2, 0) is 5.41 Å². The van der Waals surface area contributed by atoms with Crippen LogP contribution in [0.4, 0.5) is 0 Å². The lowest BCUT2D eigenvalue weighted by Gasteiger charge is -2.27. The van der Waals surface area contributed by atoms with E-state index < -0.39 is 0 Å². The van der Waals surface area contributed by atoms with Gasteiger partial charge in [-0.15, -0.1) is 11.3 Å². The lowest BCUT2D eigenvalue weighted by atomic mass is 9.84. The molecule has 3 heterocycles. The smallest absolute Gasteiger partial charge is 0.263 e. The summed E-state index contributed by atoms with van der Waals surface area (Å²) in [7, 11) is 0. The van der Waals surface area contributed by atoms with Crippen molar-refractivity contribution in [3.8, 4) is 22.2 Å². The van der Waals surface area contributed by atoms with Crippen molar-refractivity contribution < 1.29 is 14.3 Å². The summed E-state index contributed by atoms with van der Waals surface area (Å²) in [5, 5.41) is 3.81. The van der Waals surface area contributed by atoms with Gasteiger partial charge in [0, 0.05) is 18.2 Å². The summed E-state index contributed by atoms with van der Waals surface area (Å²) in [5.74, 6) is 1.40. The molecule has 150 valence electrons. The Hall–Kier alpha value is -2.93. The molecule has 0 bridgehead atoms. The van der Waals surface area contributed by atoms with Gasteiger partial charge in [0.2, 0.25) is 0 Å². The maximum atomic E-state index is 12.8. The lowest BCUT2D eigenvalue weighted by Crippen LogP contribution is -2.36. The zero-order valence-corrected chi connectivity index (χ0v) is 17.5. The topological polar surface area (TPSA) is 73.3 Å². The molecule has 1 aliphatic rings. The summed E-state index contributed by atoms with van der Waals surface area (Å²) in [5.41, 5.74) is 2.30. The van der Waals surface area contributed by atoms with E-state index in [0.717, 1.165) is 27.8 Å². The number of hydrogen-bond donors (Lipinski definition) is 1. The Kier molecular flexibility index (Phi) is 5.24. The van der Waals surface area contributed by atoms with E-state index in [-0.39, 0.29) is 11.3 Å². The average molecular weight is 410 g/mol. The Morgan fingerprint density at radius 2 is 1.97 bits per heavy atom. The minimum Gasteiger partial charge on any atom is -0.486 e. The molecule has 0 saturated heterocycles. The summed E-state index contributed by atoms with van der Waals surface area (Å²) >= 11 is 1.36. The van der Waals surface area contributed by atoms with Gasteiger partial charge in [0.05, 0.1) is 11.4 Å². The molecular weight excluding hydrogens is 386 g/mol. The normalized spacial score (nSPS) is 13.2. The predicted molar refractivity (Wildman–Crippen MR) is 113 cm³/mol. The van der Waals surface area contributed by atoms with Crippen molar-refractivity contribution in [1.29, 1.82) is 0 Å². The molecule has 0 aliphatic carbocycles. The minimum atomic E-state index is -0.270. The SMILES string of the molecule is Cc1nc(-c2ccccn2)sc1C(=O)NCC(C)(C)c1ccc2c(c1)OCCO2. The molecule has 29 heavy (non-hydrogen) atoms. The molecule has 0 radical (unpaired) electrons. The fraction of sp³-hybridized carbons (Fsp3) is 0.318. The molecule has 1 aromatic carbocycles. The molecule has 1 aliphatic heterocycles. The Morgan fingerprint density at radius 3 is 2.72 bits per heavy atom. The van der Waals surface area contributed by atoms with Crippen molar-refractivity contribution >= 4 is 17.2 Å². The van der Waals surface area contributed by atoms with Crippen LogP contribution in [0.3, 0.4) is 0 Å². The van der Waals surface area contributed by atoms with Crippen molar-refractivity contribution in [2.24, 2.45) is 0 Å². The molecule has 0 saturated carbocycles. The molecule has 0 atom stereocenters. The summed E-state index contributed by atoms with van der Waals surface area (Å²) in [4.78, 5) is 22.3. The number of nitrogens with one attached hydrogen (secondary N) is 1. The number of hydrogen-bond acceptors (Lipinski definition) is 6. The molecule has 1 N–H and O–H groups in total. The highest BCUT2D eigenvalue weighted by molar-refractivity contribution is 7.17. The van der Waals surface area contributed by atoms with E-state index in [0.29, 0.717) is 30.3 Å². The Morgan fingerprint density at radius 1 is 1.17 bits per heavy atom. The monoisotopic (exact) mass is 409 g/mol. The number of thiazole rings is 1. The van der Waals surface area contributed by atoms with Crippen molar-refractivity contribution in [3.63, 3.8) is 0 Å². The van der Waals surface area contributed by atoms with Crippen LogP contribution in [0.1, 0.15) is 34.8 Å². The summed E-state index contributed by atoms with van der Waals surface area (Å²) in [6.07, 6.45) is 1.72. The Bertz CT molecular complexity index is 1030. The third-order valence-corrected chi connectivity index (χ3v) is 6.08. The number of amides is 1. The van der Waals surface area contributed by atoms with E-state index in [9.17, 15) is 4.79 Å². The fourth-order valence-electron chi connectivity index (χ4n) is 3.15. The molecule has 6 nitrogen and oxygen atoms in total. The number of rotatable bonds is 5. The number of aromatic nitrogens is 2. The van der Waals surface area contributed by atoms with Gasteiger partial charge in [0.15, 0.2) is 11.5 Å². The van der Waals surface area contributed by atoms with Gasteiger partial charge in [0.1, 0.15) is 23.1 Å². The number of aryl methyl sites for hydroxylation is 1. The van der Waals surface area contributed by atoms with Crippen LogP contribution >= 0.6 is 11.3 Å². The Balaban J connectivity index is 1.47. The second-order valence-electron chi connectivity index (χ2n) is 7.57. The summed E-state index contributed by atoms with van der Waals surface area (Å²) in [6.45, 7) is 7.65. The van der Waals surface area contributed by atoms with Crippen LogP contribution in [0.5, 0.6) is 11.5 Å². The van der Waals surface area contributed by atoms with Gasteiger partial charge in [0.25, 0.3) is 5.91 Å². The third-order valence-electron chi connectivity index (χ3n) is 4.90. The number of pyridine rings is 1. The van der Waals surface area contributed by atoms with Crippen LogP contribution in [-0.4, -0.2) is 35.6 Å². The van der Waals surface area contributed by atoms with Crippen LogP contribution in [0.25, 0.3) is 10.7 Å². The van der Waals surface area contributed by atoms with Gasteiger partial charge >= 0.3 is 0 Å². The van der Waals surface area contributed by atoms with Crippen molar-refractivity contribution in [3.05, 3.63) is 58.7 Å². The van der Waals surface area contributed by atoms with E-state index in [2.05, 4.69) is 29.1 Å². The number of fused-ring (bicyclic) bond motifs is 1. The largest absolute Gasteiger partial charge is 0.486 e. The van der Waals surface area contributed by atoms with Crippen LogP contribution in [0.15, 0.2) is 42.6 Å². The number of ether oxygens (including phenoxy) is 2. The van der Waals surface area contributed by atoms with Gasteiger partial charge < -0.3 is 14.8 Å². The van der Waals surface area contributed by atoms with E-state index in [1.807, 2.05) is 43.3 Å². The first-order chi connectivity index (χ1) is 13.9. The molecule has 3 aromatic rings. The zero-order chi connectivity index (χ0) is 20.4. The number of nitrogens with zero attached hydrogens (tertiary/aromatic N) is 2. The van der Waals surface area contributed by atoms with Gasteiger partial charge in [-0.1, -0.05) is 26.0 Å². The van der Waals surface area contributed by atoms with Gasteiger partial charge in [-0.3, -0.25) is 9.78 Å². The van der Waals surface area contributed by atoms with E-state index in [1.54, 1.807) is 6.20 Å². The maximum Gasteiger partial charge on any atom is 0.263 e. The first-order valence-electron chi connectivity index (χ1n) is 9.51. The second kappa shape index (κ2) is 7.83. The van der Waals surface area contributed by atoms with Crippen molar-refractivity contribution in [2.75, 3.05) is 19.8 Å². The summed E-state index contributed by atoms with van der Waals surface area (Å²) in [6, 6.07) is 11.6. The molecule has 2 aromatic heterocycles. The molecule has 0 unspecified atom stereocenters. The fourth-order valence-corrected chi connectivity index (χ4v) is 4.11. The quantitative estimate of drug-likeness (QED) is 0.690. The van der Waals surface area contributed by atoms with Crippen LogP contribution < -0.4 is 14.8 Å². The van der Waals surface area contributed by atoms with Gasteiger partial charge in [-0.25, -0.2) is 4.98 Å². The molecule has 0 fully saturated rings. The molecule has 4 rings (SSSR count). The molecular formula is C22H23N3O3S. The number of benzene rings is 1. The lowest BCUT2D eigenvalue weighted by molar-refractivity contribution is 0.0949. The highest BCUT2D eigenvalue weighted by Gasteiger charge is 2.25. The molecule has 7 heteroatoms. The van der Waals surface area contributed by atoms with Crippen LogP contribution in [0.2, 0.25) is 0 Å². The first-order valence-corrected chi connectivity index (χ1v) is 10.3. The summed E-state index contributed by atoms with van der Waals surface area (Å²) < 4.78 is 11.3. The van der Waals surface area contributed by atoms with Crippen molar-refractivity contribution in [1.82, 2.24) is 15.3 Å². The van der Waals surface area contributed by atoms with Gasteiger partial charge in [-0.2, -0.15) is 0 Å². The minimum absolute atomic E-state index is 0.118. The second-order valence-corrected chi connectivity index (χ2v) is 8.57. The van der Waals surface area contributed by atoms with Crippen molar-refractivity contribution in [2.45, 2.75) is 26.2 Å². The predicted octanol–water partition coefficient (Wildman–Crippen LogP) is 3.99. The first kappa shape index (κ1) is 19.4. The van der Waals surface area contributed by atoms with Gasteiger partial charge in [-0.05, 0) is 36.8 Å². The van der Waals surface area contributed by atoms with E-state index in [1.165, 1.54) is 11.3 Å². The average Bonchev–Trinajstić information content (AvgIpc) is 3.14. The zero-order valence-electron chi connectivity index (χ0n) is 16.7. The third kappa shape index (κ3) is 4.10. The van der Waals surface area contributed by atoms with E-state index in [4.69, 9.17) is 9.47 Å². The number of carbonyl (C=O) groups excluding carboxylic acids is 1. The highest BCUT2D eigenvalue weighted by atomic mass is 32.1. The van der Waals surface area contributed by atoms with Crippen LogP contribution in [0, 0.1) is 6.92 Å². The highest BCUT2D eigenvalue weighted by Crippen LogP contribution is 2.35. The maximum absolute atomic E-state index is 12.8. The molecule has 0 spiro atoms.